The summed E-state index contributed by atoms with van der Waals surface area (Å²) in [7, 11) is 0. The van der Waals surface area contributed by atoms with Crippen molar-refractivity contribution in [2.45, 2.75) is 32.9 Å². The number of hydrogen-bond donors (Lipinski definition) is 1. The molecule has 0 spiro atoms. The van der Waals surface area contributed by atoms with Crippen molar-refractivity contribution >= 4 is 23.5 Å². The highest BCUT2D eigenvalue weighted by atomic mass is 35.5. The summed E-state index contributed by atoms with van der Waals surface area (Å²) in [5.74, 6) is 0.337. The van der Waals surface area contributed by atoms with E-state index in [9.17, 15) is 9.59 Å². The quantitative estimate of drug-likeness (QED) is 0.887. The van der Waals surface area contributed by atoms with E-state index in [0.717, 1.165) is 31.5 Å². The third-order valence-electron chi connectivity index (χ3n) is 4.24. The Balaban J connectivity index is 1.74. The molecule has 6 nitrogen and oxygen atoms in total. The highest BCUT2D eigenvalue weighted by Crippen LogP contribution is 2.17. The molecule has 0 saturated carbocycles. The van der Waals surface area contributed by atoms with E-state index in [-0.39, 0.29) is 18.0 Å². The number of halogens is 1. The smallest absolute Gasteiger partial charge is 0.255 e. The second-order valence-electron chi connectivity index (χ2n) is 6.18. The molecule has 1 aromatic carbocycles. The summed E-state index contributed by atoms with van der Waals surface area (Å²) in [6.45, 7) is 3.78. The average molecular weight is 361 g/mol. The lowest BCUT2D eigenvalue weighted by Crippen LogP contribution is -2.36. The molecule has 25 heavy (non-hydrogen) atoms. The van der Waals surface area contributed by atoms with Gasteiger partial charge in [-0.05, 0) is 31.4 Å². The summed E-state index contributed by atoms with van der Waals surface area (Å²) < 4.78 is 1.44. The van der Waals surface area contributed by atoms with Crippen LogP contribution in [0.25, 0.3) is 0 Å². The molecule has 1 fully saturated rings. The fraction of sp³-hybridized carbons (Fsp3) is 0.389. The number of benzene rings is 1. The van der Waals surface area contributed by atoms with Gasteiger partial charge in [0.25, 0.3) is 5.56 Å². The van der Waals surface area contributed by atoms with Crippen LogP contribution in [0, 0.1) is 6.92 Å². The Kier molecular flexibility index (Phi) is 5.38. The van der Waals surface area contributed by atoms with Crippen LogP contribution in [0.1, 0.15) is 24.1 Å². The van der Waals surface area contributed by atoms with E-state index < -0.39 is 0 Å². The zero-order chi connectivity index (χ0) is 17.8. The maximum Gasteiger partial charge on any atom is 0.255 e. The van der Waals surface area contributed by atoms with Crippen LogP contribution in [0.15, 0.2) is 35.1 Å². The van der Waals surface area contributed by atoms with Crippen LogP contribution < -0.4 is 15.8 Å². The van der Waals surface area contributed by atoms with Gasteiger partial charge in [0.15, 0.2) is 0 Å². The number of aryl methyl sites for hydroxylation is 1. The van der Waals surface area contributed by atoms with E-state index in [1.807, 2.05) is 18.2 Å². The van der Waals surface area contributed by atoms with Crippen molar-refractivity contribution in [1.29, 1.82) is 0 Å². The molecule has 1 N–H and O–H groups in total. The van der Waals surface area contributed by atoms with Crippen LogP contribution in [-0.2, 0) is 17.9 Å². The minimum absolute atomic E-state index is 0.0532. The predicted molar refractivity (Wildman–Crippen MR) is 98.0 cm³/mol. The Bertz CT molecular complexity index is 828. The lowest BCUT2D eigenvalue weighted by Gasteiger charge is -2.21. The van der Waals surface area contributed by atoms with Crippen LogP contribution >= 0.6 is 11.6 Å². The van der Waals surface area contributed by atoms with Gasteiger partial charge in [0.05, 0.1) is 0 Å². The van der Waals surface area contributed by atoms with Crippen molar-refractivity contribution in [1.82, 2.24) is 14.9 Å². The largest absolute Gasteiger partial charge is 0.350 e. The molecule has 1 aromatic heterocycles. The minimum atomic E-state index is -0.242. The van der Waals surface area contributed by atoms with Crippen molar-refractivity contribution in [3.8, 4) is 0 Å². The first kappa shape index (κ1) is 17.5. The van der Waals surface area contributed by atoms with Crippen LogP contribution in [-0.4, -0.2) is 28.5 Å². The van der Waals surface area contributed by atoms with Gasteiger partial charge in [-0.3, -0.25) is 14.2 Å². The number of hydrogen-bond acceptors (Lipinski definition) is 4. The first-order chi connectivity index (χ1) is 12.0. The van der Waals surface area contributed by atoms with Crippen molar-refractivity contribution in [3.05, 3.63) is 57.0 Å². The van der Waals surface area contributed by atoms with Crippen molar-refractivity contribution in [2.24, 2.45) is 0 Å². The maximum absolute atomic E-state index is 12.4. The molecule has 0 atom stereocenters. The second kappa shape index (κ2) is 7.70. The number of nitrogens with one attached hydrogen (secondary N) is 1. The molecule has 3 rings (SSSR count). The molecule has 0 aliphatic carbocycles. The third-order valence-corrected chi connectivity index (χ3v) is 4.61. The van der Waals surface area contributed by atoms with Gasteiger partial charge in [-0.2, -0.15) is 0 Å². The first-order valence-electron chi connectivity index (χ1n) is 8.38. The van der Waals surface area contributed by atoms with Gasteiger partial charge in [-0.1, -0.05) is 29.8 Å². The Hall–Kier alpha value is -2.34. The Morgan fingerprint density at radius 3 is 2.72 bits per heavy atom. The summed E-state index contributed by atoms with van der Waals surface area (Å²) in [5.41, 5.74) is 1.30. The zero-order valence-corrected chi connectivity index (χ0v) is 14.9. The molecule has 7 heteroatoms. The highest BCUT2D eigenvalue weighted by Gasteiger charge is 2.20. The van der Waals surface area contributed by atoms with Gasteiger partial charge in [0.1, 0.15) is 6.54 Å². The van der Waals surface area contributed by atoms with Crippen LogP contribution in [0.2, 0.25) is 5.02 Å². The fourth-order valence-electron chi connectivity index (χ4n) is 2.95. The molecule has 1 aliphatic heterocycles. The van der Waals surface area contributed by atoms with Crippen LogP contribution in [0.3, 0.4) is 0 Å². The van der Waals surface area contributed by atoms with E-state index in [1.165, 1.54) is 10.6 Å². The van der Waals surface area contributed by atoms with Gasteiger partial charge in [0.2, 0.25) is 11.9 Å². The van der Waals surface area contributed by atoms with Gasteiger partial charge >= 0.3 is 0 Å². The number of anilines is 1. The van der Waals surface area contributed by atoms with Crippen molar-refractivity contribution in [2.75, 3.05) is 18.0 Å². The molecule has 2 aromatic rings. The van der Waals surface area contributed by atoms with Gasteiger partial charge in [0, 0.05) is 36.4 Å². The molecule has 0 radical (unpaired) electrons. The number of carbonyl (C=O) groups is 1. The second-order valence-corrected chi connectivity index (χ2v) is 6.59. The minimum Gasteiger partial charge on any atom is -0.350 e. The fourth-order valence-corrected chi connectivity index (χ4v) is 3.15. The molecule has 2 heterocycles. The average Bonchev–Trinajstić information content (AvgIpc) is 3.11. The monoisotopic (exact) mass is 360 g/mol. The summed E-state index contributed by atoms with van der Waals surface area (Å²) in [5, 5.41) is 3.42. The number of rotatable bonds is 5. The standard InChI is InChI=1S/C18H21ClN4O2/c1-13-10-17(25)23(18(21-13)22-8-4-5-9-22)12-16(24)20-11-14-6-2-3-7-15(14)19/h2-3,6-7,10H,4-5,8-9,11-12H2,1H3,(H,20,24). The third kappa shape index (κ3) is 4.20. The summed E-state index contributed by atoms with van der Waals surface area (Å²) in [4.78, 5) is 31.3. The lowest BCUT2D eigenvalue weighted by molar-refractivity contribution is -0.121. The zero-order valence-electron chi connectivity index (χ0n) is 14.2. The SMILES string of the molecule is Cc1cc(=O)n(CC(=O)NCc2ccccc2Cl)c(N2CCCC2)n1. The maximum atomic E-state index is 12.4. The van der Waals surface area contributed by atoms with Gasteiger partial charge in [-0.25, -0.2) is 4.98 Å². The normalized spacial score (nSPS) is 13.9. The molecule has 0 bridgehead atoms. The molecular formula is C18H21ClN4O2. The molecule has 1 aliphatic rings. The number of carbonyl (C=O) groups excluding carboxylic acids is 1. The van der Waals surface area contributed by atoms with Gasteiger partial charge in [-0.15, -0.1) is 0 Å². The number of nitrogens with zero attached hydrogens (tertiary/aromatic N) is 3. The Labute approximate surface area is 151 Å². The van der Waals surface area contributed by atoms with E-state index in [1.54, 1.807) is 13.0 Å². The van der Waals surface area contributed by atoms with E-state index in [4.69, 9.17) is 11.6 Å². The van der Waals surface area contributed by atoms with Crippen molar-refractivity contribution < 1.29 is 4.79 Å². The lowest BCUT2D eigenvalue weighted by atomic mass is 10.2. The summed E-state index contributed by atoms with van der Waals surface area (Å²) >= 11 is 6.10. The summed E-state index contributed by atoms with van der Waals surface area (Å²) in [6.07, 6.45) is 2.14. The van der Waals surface area contributed by atoms with Crippen molar-refractivity contribution in [3.63, 3.8) is 0 Å². The molecule has 1 saturated heterocycles. The summed E-state index contributed by atoms with van der Waals surface area (Å²) in [6, 6.07) is 8.81. The molecule has 0 unspecified atom stereocenters. The van der Waals surface area contributed by atoms with E-state index in [2.05, 4.69) is 15.2 Å². The molecule has 1 amide bonds. The molecule has 132 valence electrons. The Morgan fingerprint density at radius 1 is 1.28 bits per heavy atom. The van der Waals surface area contributed by atoms with Gasteiger partial charge < -0.3 is 10.2 Å². The van der Waals surface area contributed by atoms with Crippen LogP contribution in [0.4, 0.5) is 5.95 Å². The molecular weight excluding hydrogens is 340 g/mol. The van der Waals surface area contributed by atoms with E-state index in [0.29, 0.717) is 23.2 Å². The highest BCUT2D eigenvalue weighted by molar-refractivity contribution is 6.31. The predicted octanol–water partition coefficient (Wildman–Crippen LogP) is 2.12. The van der Waals surface area contributed by atoms with E-state index >= 15 is 0 Å². The topological polar surface area (TPSA) is 67.2 Å². The number of amides is 1. The van der Waals surface area contributed by atoms with Crippen LogP contribution in [0.5, 0.6) is 0 Å². The first-order valence-corrected chi connectivity index (χ1v) is 8.76. The number of aromatic nitrogens is 2. The Morgan fingerprint density at radius 2 is 2.00 bits per heavy atom.